The van der Waals surface area contributed by atoms with Gasteiger partial charge in [-0.05, 0) is 38.0 Å². The largest absolute Gasteiger partial charge is 0.454 e. The van der Waals surface area contributed by atoms with Crippen molar-refractivity contribution in [2.45, 2.75) is 43.0 Å². The fourth-order valence-corrected chi connectivity index (χ4v) is 4.37. The van der Waals surface area contributed by atoms with Crippen LogP contribution in [0.4, 0.5) is 8.78 Å². The van der Waals surface area contributed by atoms with Crippen LogP contribution in [0.3, 0.4) is 0 Å². The average molecular weight is 324 g/mol. The molecule has 0 aromatic carbocycles. The summed E-state index contributed by atoms with van der Waals surface area (Å²) in [5.41, 5.74) is -0.967. The van der Waals surface area contributed by atoms with E-state index in [4.69, 9.17) is 9.99 Å². The molecule has 0 radical (unpaired) electrons. The van der Waals surface area contributed by atoms with Crippen LogP contribution in [-0.4, -0.2) is 27.9 Å². The second kappa shape index (κ2) is 5.15. The van der Waals surface area contributed by atoms with E-state index in [0.29, 0.717) is 19.3 Å². The number of carbonyl (C=O) groups excluding carboxylic acids is 2. The van der Waals surface area contributed by atoms with Crippen LogP contribution in [0, 0.1) is 17.8 Å². The van der Waals surface area contributed by atoms with Crippen LogP contribution in [0.2, 0.25) is 0 Å². The van der Waals surface area contributed by atoms with Crippen molar-refractivity contribution in [3.63, 3.8) is 0 Å². The minimum Gasteiger partial charge on any atom is -0.454 e. The molecule has 0 spiro atoms. The molecule has 4 fully saturated rings. The Bertz CT molecular complexity index is 453. The lowest BCUT2D eigenvalue weighted by Crippen LogP contribution is -2.57. The molecule has 0 aromatic heterocycles. The van der Waals surface area contributed by atoms with E-state index in [1.165, 1.54) is 0 Å². The Hall–Kier alpha value is -0.770. The van der Waals surface area contributed by atoms with Crippen LogP contribution in [0.15, 0.2) is 0 Å². The van der Waals surface area contributed by atoms with E-state index in [2.05, 4.69) is 9.37 Å². The predicted octanol–water partition coefficient (Wildman–Crippen LogP) is 2.34. The Morgan fingerprint density at radius 2 is 1.90 bits per heavy atom. The number of Topliss-reactive ketones (excluding diaryl/α,β-unsaturated/α-hetero) is 1. The lowest BCUT2D eigenvalue weighted by molar-refractivity contribution is -0.433. The summed E-state index contributed by atoms with van der Waals surface area (Å²) in [5, 5.41) is 6.95. The highest BCUT2D eigenvalue weighted by atomic mass is 32.2. The summed E-state index contributed by atoms with van der Waals surface area (Å²) in [6.07, 6.45) is 2.70. The second-order valence-corrected chi connectivity index (χ2v) is 6.88. The zero-order valence-electron chi connectivity index (χ0n) is 10.9. The monoisotopic (exact) mass is 324 g/mol. The predicted molar refractivity (Wildman–Crippen MR) is 64.7 cm³/mol. The van der Waals surface area contributed by atoms with Gasteiger partial charge < -0.3 is 4.74 Å². The number of ketones is 1. The third kappa shape index (κ3) is 2.67. The first-order chi connectivity index (χ1) is 9.85. The minimum atomic E-state index is -3.99. The molecule has 118 valence electrons. The van der Waals surface area contributed by atoms with E-state index in [9.17, 15) is 18.4 Å². The van der Waals surface area contributed by atoms with Gasteiger partial charge in [0.2, 0.25) is 0 Å². The Balaban J connectivity index is 1.70. The van der Waals surface area contributed by atoms with Gasteiger partial charge in [-0.15, -0.1) is 4.33 Å². The zero-order valence-corrected chi connectivity index (χ0v) is 11.7. The molecule has 4 bridgehead atoms. The summed E-state index contributed by atoms with van der Waals surface area (Å²) in [4.78, 5) is 23.6. The van der Waals surface area contributed by atoms with Crippen molar-refractivity contribution in [1.82, 2.24) is 0 Å². The first kappa shape index (κ1) is 15.1. The summed E-state index contributed by atoms with van der Waals surface area (Å²) in [6.45, 7) is 0. The molecule has 0 aromatic rings. The first-order valence-corrected chi connectivity index (χ1v) is 7.40. The number of ether oxygens (including phenoxy) is 1. The van der Waals surface area contributed by atoms with Gasteiger partial charge in [0, 0.05) is 11.8 Å². The highest BCUT2D eigenvalue weighted by Crippen LogP contribution is 2.56. The third-order valence-electron chi connectivity index (χ3n) is 4.65. The molecule has 6 nitrogen and oxygen atoms in total. The van der Waals surface area contributed by atoms with Gasteiger partial charge in [-0.3, -0.25) is 4.79 Å². The van der Waals surface area contributed by atoms with Gasteiger partial charge in [0.15, 0.2) is 0 Å². The molecule has 0 amide bonds. The molecule has 2 unspecified atom stereocenters. The van der Waals surface area contributed by atoms with Gasteiger partial charge in [-0.25, -0.2) is 10.1 Å². The number of hydrogen-bond acceptors (Lipinski definition) is 7. The number of carbonyl (C=O) groups is 2. The number of esters is 1. The molecular weight excluding hydrogens is 310 g/mol. The molecule has 9 heteroatoms. The Morgan fingerprint density at radius 3 is 2.48 bits per heavy atom. The van der Waals surface area contributed by atoms with Crippen LogP contribution in [-0.2, 0) is 23.7 Å². The maximum absolute atomic E-state index is 13.5. The summed E-state index contributed by atoms with van der Waals surface area (Å²) in [5.74, 6) is -1.66. The Kier molecular flexibility index (Phi) is 3.71. The Morgan fingerprint density at radius 1 is 1.29 bits per heavy atom. The lowest BCUT2D eigenvalue weighted by atomic mass is 9.53. The SMILES string of the molecule is O=C1C2CC3CC1CC(OC(=O)C(F)(F)SOOO)(C3)C2. The first-order valence-electron chi connectivity index (χ1n) is 6.66. The molecule has 21 heavy (non-hydrogen) atoms. The molecule has 4 saturated carbocycles. The lowest BCUT2D eigenvalue weighted by Gasteiger charge is -2.54. The third-order valence-corrected chi connectivity index (χ3v) is 5.16. The van der Waals surface area contributed by atoms with Gasteiger partial charge in [-0.2, -0.15) is 8.78 Å². The van der Waals surface area contributed by atoms with Crippen molar-refractivity contribution in [2.75, 3.05) is 0 Å². The van der Waals surface area contributed by atoms with Crippen molar-refractivity contribution in [3.8, 4) is 0 Å². The molecule has 0 saturated heterocycles. The second-order valence-electron chi connectivity index (χ2n) is 6.06. The van der Waals surface area contributed by atoms with Crippen LogP contribution < -0.4 is 0 Å². The summed E-state index contributed by atoms with van der Waals surface area (Å²) >= 11 is -0.631. The van der Waals surface area contributed by atoms with Crippen molar-refractivity contribution < 1.29 is 37.7 Å². The van der Waals surface area contributed by atoms with E-state index in [-0.39, 0.29) is 23.5 Å². The van der Waals surface area contributed by atoms with Crippen LogP contribution in [0.5, 0.6) is 0 Å². The molecule has 4 aliphatic rings. The van der Waals surface area contributed by atoms with E-state index in [0.717, 1.165) is 12.8 Å². The maximum atomic E-state index is 13.5. The number of halogens is 2. The van der Waals surface area contributed by atoms with Gasteiger partial charge in [0.1, 0.15) is 23.4 Å². The minimum absolute atomic E-state index is 0.177. The van der Waals surface area contributed by atoms with Crippen molar-refractivity contribution in [2.24, 2.45) is 17.8 Å². The topological polar surface area (TPSA) is 82.1 Å². The van der Waals surface area contributed by atoms with Crippen molar-refractivity contribution >= 4 is 23.8 Å². The van der Waals surface area contributed by atoms with E-state index >= 15 is 0 Å². The number of rotatable bonds is 5. The number of hydrogen-bond donors (Lipinski definition) is 1. The van der Waals surface area contributed by atoms with Crippen LogP contribution in [0.25, 0.3) is 0 Å². The smallest absolute Gasteiger partial charge is 0.415 e. The summed E-state index contributed by atoms with van der Waals surface area (Å²) < 4.78 is 35.6. The van der Waals surface area contributed by atoms with E-state index in [1.807, 2.05) is 0 Å². The summed E-state index contributed by atoms with van der Waals surface area (Å²) in [7, 11) is 0. The van der Waals surface area contributed by atoms with Crippen LogP contribution in [0.1, 0.15) is 32.1 Å². The molecular formula is C12H14F2O6S. The van der Waals surface area contributed by atoms with E-state index < -0.39 is 28.9 Å². The summed E-state index contributed by atoms with van der Waals surface area (Å²) in [6, 6.07) is 0. The fourth-order valence-electron chi connectivity index (χ4n) is 4.15. The quantitative estimate of drug-likeness (QED) is 0.360. The van der Waals surface area contributed by atoms with Crippen molar-refractivity contribution in [1.29, 1.82) is 0 Å². The highest BCUT2D eigenvalue weighted by Gasteiger charge is 2.59. The molecule has 4 rings (SSSR count). The molecule has 0 heterocycles. The molecule has 2 atom stereocenters. The average Bonchev–Trinajstić information content (AvgIpc) is 2.41. The standard InChI is InChI=1S/C12H14F2O6S/c13-12(14,21-20-19-17)10(16)18-11-3-6-1-7(4-11)9(15)8(2-6)5-11/h6-8,17H,1-5H2. The zero-order chi connectivity index (χ0) is 15.3. The van der Waals surface area contributed by atoms with Gasteiger partial charge in [0.25, 0.3) is 0 Å². The maximum Gasteiger partial charge on any atom is 0.415 e. The molecule has 1 N–H and O–H groups in total. The molecule has 4 aliphatic carbocycles. The van der Waals surface area contributed by atoms with Gasteiger partial charge in [-0.1, -0.05) is 5.04 Å². The highest BCUT2D eigenvalue weighted by molar-refractivity contribution is 7.96. The van der Waals surface area contributed by atoms with E-state index in [1.54, 1.807) is 0 Å². The number of alkyl halides is 2. The van der Waals surface area contributed by atoms with Gasteiger partial charge >= 0.3 is 11.2 Å². The van der Waals surface area contributed by atoms with Gasteiger partial charge in [0.05, 0.1) is 0 Å². The molecule has 0 aliphatic heterocycles. The normalized spacial score (nSPS) is 37.9. The van der Waals surface area contributed by atoms with Crippen LogP contribution >= 0.6 is 12.0 Å². The fraction of sp³-hybridized carbons (Fsp3) is 0.833. The van der Waals surface area contributed by atoms with Crippen molar-refractivity contribution in [3.05, 3.63) is 0 Å². The Labute approximate surface area is 123 Å².